The van der Waals surface area contributed by atoms with Gasteiger partial charge in [0.15, 0.2) is 0 Å². The van der Waals surface area contributed by atoms with Crippen LogP contribution < -0.4 is 20.1 Å². The summed E-state index contributed by atoms with van der Waals surface area (Å²) in [7, 11) is 0. The van der Waals surface area contributed by atoms with Crippen LogP contribution in [0.25, 0.3) is 33.4 Å². The average Bonchev–Trinajstić information content (AvgIpc) is 2.93. The van der Waals surface area contributed by atoms with Crippen molar-refractivity contribution in [2.75, 3.05) is 36.4 Å². The Morgan fingerprint density at radius 3 is 2.26 bits per heavy atom. The molecule has 1 aliphatic heterocycles. The van der Waals surface area contributed by atoms with Crippen LogP contribution in [0.15, 0.2) is 71.2 Å². The van der Waals surface area contributed by atoms with Crippen LogP contribution in [0.5, 0.6) is 0 Å². The molecule has 0 unspecified atom stereocenters. The Labute approximate surface area is 229 Å². The van der Waals surface area contributed by atoms with Crippen molar-refractivity contribution in [3.8, 4) is 22.5 Å². The lowest BCUT2D eigenvalue weighted by Gasteiger charge is -2.22. The minimum Gasteiger partial charge on any atom is -0.478 e. The van der Waals surface area contributed by atoms with Crippen molar-refractivity contribution >= 4 is 34.2 Å². The van der Waals surface area contributed by atoms with Crippen LogP contribution in [0.2, 0.25) is 0 Å². The average molecular weight is 527 g/mol. The minimum atomic E-state index is -1.09. The lowest BCUT2D eigenvalue weighted by Crippen LogP contribution is -2.29. The highest BCUT2D eigenvalue weighted by molar-refractivity contribution is 6.09. The molecule has 2 aromatic rings. The third kappa shape index (κ3) is 5.43. The van der Waals surface area contributed by atoms with Gasteiger partial charge in [-0.05, 0) is 70.5 Å². The molecule has 1 amide bonds. The van der Waals surface area contributed by atoms with Gasteiger partial charge in [-0.3, -0.25) is 4.79 Å². The molecule has 0 aromatic heterocycles. The van der Waals surface area contributed by atoms with Crippen LogP contribution in [0.4, 0.5) is 11.4 Å². The van der Waals surface area contributed by atoms with Gasteiger partial charge in [0.25, 0.3) is 5.91 Å². The van der Waals surface area contributed by atoms with Gasteiger partial charge < -0.3 is 19.7 Å². The molecular weight excluding hydrogens is 490 g/mol. The number of hydrogen-bond acceptors (Lipinski definition) is 4. The Hall–Kier alpha value is -4.39. The summed E-state index contributed by atoms with van der Waals surface area (Å²) >= 11 is 0. The Kier molecular flexibility index (Phi) is 8.19. The standard InChI is InChI=1S/C32H35N3O4/c1-7-34(8-2)22-12-15-25-28(18-22)39-29-19-23(35(9-3)10-4)13-16-26(29)30(25)24-14-11-21(17-27(24)32(37)38)33-31(36)20(5)6/h11-19H,5,7-10H2,1-4,6H3,(H,37,38)/p+1. The first kappa shape index (κ1) is 27.6. The second-order valence-corrected chi connectivity index (χ2v) is 9.48. The lowest BCUT2D eigenvalue weighted by molar-refractivity contribution is -0.112. The van der Waals surface area contributed by atoms with Crippen molar-refractivity contribution in [3.05, 3.63) is 77.7 Å². The fourth-order valence-electron chi connectivity index (χ4n) is 4.98. The molecule has 2 N–H and O–H groups in total. The number of aromatic carboxylic acids is 1. The fraction of sp³-hybridized carbons (Fsp3) is 0.281. The maximum atomic E-state index is 12.5. The Morgan fingerprint density at radius 1 is 0.949 bits per heavy atom. The van der Waals surface area contributed by atoms with Gasteiger partial charge in [0, 0.05) is 58.7 Å². The third-order valence-electron chi connectivity index (χ3n) is 7.11. The van der Waals surface area contributed by atoms with Crippen molar-refractivity contribution in [2.45, 2.75) is 34.6 Å². The summed E-state index contributed by atoms with van der Waals surface area (Å²) in [5.74, 6) is -0.769. The van der Waals surface area contributed by atoms with E-state index in [1.165, 1.54) is 6.07 Å². The number of hydrogen-bond donors (Lipinski definition) is 2. The predicted octanol–water partition coefficient (Wildman–Crippen LogP) is 6.08. The van der Waals surface area contributed by atoms with Gasteiger partial charge in [-0.25, -0.2) is 9.37 Å². The number of carboxylic acids is 1. The zero-order valence-electron chi connectivity index (χ0n) is 23.3. The normalized spacial score (nSPS) is 11.0. The highest BCUT2D eigenvalue weighted by atomic mass is 16.4. The quantitative estimate of drug-likeness (QED) is 0.157. The van der Waals surface area contributed by atoms with Crippen LogP contribution >= 0.6 is 0 Å². The Bertz CT molecular complexity index is 1610. The maximum Gasteiger partial charge on any atom is 0.336 e. The van der Waals surface area contributed by atoms with Crippen LogP contribution in [0.1, 0.15) is 45.0 Å². The van der Waals surface area contributed by atoms with Gasteiger partial charge in [-0.2, -0.15) is 0 Å². The van der Waals surface area contributed by atoms with E-state index in [-0.39, 0.29) is 11.5 Å². The first-order valence-corrected chi connectivity index (χ1v) is 13.4. The van der Waals surface area contributed by atoms with Gasteiger partial charge in [0.1, 0.15) is 24.4 Å². The number of carbonyl (C=O) groups is 2. The van der Waals surface area contributed by atoms with Gasteiger partial charge in [-0.15, -0.1) is 0 Å². The fourth-order valence-corrected chi connectivity index (χ4v) is 4.98. The number of benzene rings is 3. The topological polar surface area (TPSA) is 85.8 Å². The molecule has 0 bridgehead atoms. The second kappa shape index (κ2) is 11.6. The molecule has 39 heavy (non-hydrogen) atoms. The number of carboxylic acid groups (broad SMARTS) is 1. The van der Waals surface area contributed by atoms with E-state index in [1.807, 2.05) is 36.4 Å². The molecule has 7 heteroatoms. The van der Waals surface area contributed by atoms with E-state index in [9.17, 15) is 14.7 Å². The van der Waals surface area contributed by atoms with Crippen molar-refractivity contribution in [2.24, 2.45) is 0 Å². The number of anilines is 2. The molecule has 2 aliphatic rings. The Balaban J connectivity index is 2.07. The Morgan fingerprint density at radius 2 is 1.64 bits per heavy atom. The van der Waals surface area contributed by atoms with Crippen LogP contribution in [-0.4, -0.2) is 43.2 Å². The summed E-state index contributed by atoms with van der Waals surface area (Å²) < 4.78 is 8.75. The molecule has 1 aliphatic carbocycles. The number of rotatable bonds is 9. The summed E-state index contributed by atoms with van der Waals surface area (Å²) in [6.45, 7) is 17.1. The van der Waals surface area contributed by atoms with E-state index in [4.69, 9.17) is 4.42 Å². The van der Waals surface area contributed by atoms with Crippen LogP contribution in [0.3, 0.4) is 0 Å². The summed E-state index contributed by atoms with van der Waals surface area (Å²) in [5.41, 5.74) is 4.68. The largest absolute Gasteiger partial charge is 0.478 e. The summed E-state index contributed by atoms with van der Waals surface area (Å²) in [4.78, 5) is 26.9. The first-order valence-electron chi connectivity index (χ1n) is 13.4. The summed E-state index contributed by atoms with van der Waals surface area (Å²) in [5, 5.41) is 14.8. The van der Waals surface area contributed by atoms with Crippen LogP contribution in [-0.2, 0) is 4.79 Å². The van der Waals surface area contributed by atoms with Gasteiger partial charge >= 0.3 is 5.97 Å². The second-order valence-electron chi connectivity index (χ2n) is 9.48. The molecule has 0 radical (unpaired) electrons. The predicted molar refractivity (Wildman–Crippen MR) is 159 cm³/mol. The highest BCUT2D eigenvalue weighted by Gasteiger charge is 2.23. The molecule has 0 atom stereocenters. The molecule has 202 valence electrons. The smallest absolute Gasteiger partial charge is 0.336 e. The summed E-state index contributed by atoms with van der Waals surface area (Å²) in [6, 6.07) is 17.1. The molecule has 1 heterocycles. The number of carbonyl (C=O) groups excluding carboxylic acids is 1. The van der Waals surface area contributed by atoms with E-state index in [0.29, 0.717) is 28.2 Å². The van der Waals surface area contributed by atoms with E-state index < -0.39 is 5.97 Å². The van der Waals surface area contributed by atoms with Gasteiger partial charge in [0.05, 0.1) is 11.6 Å². The number of amides is 1. The van der Waals surface area contributed by atoms with E-state index in [0.717, 1.165) is 53.7 Å². The van der Waals surface area contributed by atoms with Crippen molar-refractivity contribution in [1.82, 2.24) is 4.58 Å². The van der Waals surface area contributed by atoms with Crippen molar-refractivity contribution < 1.29 is 19.1 Å². The number of fused-ring (bicyclic) bond motifs is 2. The van der Waals surface area contributed by atoms with E-state index in [2.05, 4.69) is 49.1 Å². The van der Waals surface area contributed by atoms with Gasteiger partial charge in [0.2, 0.25) is 5.36 Å². The maximum absolute atomic E-state index is 12.5. The van der Waals surface area contributed by atoms with Crippen LogP contribution in [0, 0.1) is 0 Å². The molecule has 7 nitrogen and oxygen atoms in total. The molecular formula is C32H36N3O4+. The monoisotopic (exact) mass is 526 g/mol. The third-order valence-corrected chi connectivity index (χ3v) is 7.11. The first-order chi connectivity index (χ1) is 18.7. The number of nitrogens with one attached hydrogen (secondary N) is 1. The number of nitrogens with zero attached hydrogens (tertiary/aromatic N) is 2. The molecule has 0 fully saturated rings. The molecule has 0 spiro atoms. The minimum absolute atomic E-state index is 0.0870. The van der Waals surface area contributed by atoms with E-state index >= 15 is 0 Å². The molecule has 0 saturated heterocycles. The molecule has 4 rings (SSSR count). The molecule has 0 saturated carbocycles. The van der Waals surface area contributed by atoms with Gasteiger partial charge in [-0.1, -0.05) is 12.6 Å². The zero-order valence-corrected chi connectivity index (χ0v) is 23.3. The summed E-state index contributed by atoms with van der Waals surface area (Å²) in [6.07, 6.45) is 0. The lowest BCUT2D eigenvalue weighted by atomic mass is 9.90. The molecule has 2 aromatic carbocycles. The SMILES string of the molecule is C=C(C)C(=O)Nc1ccc(-c2c3ccc(=[N+](CC)CC)cc-3oc3cc(N(CC)CC)ccc23)c(C(=O)O)c1. The van der Waals surface area contributed by atoms with Crippen molar-refractivity contribution in [3.63, 3.8) is 0 Å². The van der Waals surface area contributed by atoms with E-state index in [1.54, 1.807) is 19.1 Å². The zero-order chi connectivity index (χ0) is 28.3. The van der Waals surface area contributed by atoms with Crippen molar-refractivity contribution in [1.29, 1.82) is 0 Å². The highest BCUT2D eigenvalue weighted by Crippen LogP contribution is 2.42.